The molecule has 0 aromatic carbocycles. The predicted octanol–water partition coefficient (Wildman–Crippen LogP) is 2.51. The van der Waals surface area contributed by atoms with Crippen molar-refractivity contribution >= 4 is 0 Å². The van der Waals surface area contributed by atoms with Crippen LogP contribution in [0.4, 0.5) is 0 Å². The van der Waals surface area contributed by atoms with E-state index in [2.05, 4.69) is 36.0 Å². The van der Waals surface area contributed by atoms with E-state index >= 15 is 0 Å². The van der Waals surface area contributed by atoms with Crippen molar-refractivity contribution in [1.82, 2.24) is 9.88 Å². The largest absolute Gasteiger partial charge is 0.329 e. The van der Waals surface area contributed by atoms with Crippen molar-refractivity contribution in [2.75, 3.05) is 20.1 Å². The molecule has 0 spiro atoms. The molecule has 0 saturated carbocycles. The maximum atomic E-state index is 5.88. The molecule has 1 rings (SSSR count). The van der Waals surface area contributed by atoms with Crippen LogP contribution >= 0.6 is 0 Å². The Hall–Kier alpha value is -0.930. The molecule has 0 amide bonds. The molecular weight excluding hydrogens is 210 g/mol. The first-order chi connectivity index (χ1) is 8.19. The van der Waals surface area contributed by atoms with Crippen molar-refractivity contribution in [2.45, 2.75) is 39.2 Å². The van der Waals surface area contributed by atoms with Crippen LogP contribution in [-0.4, -0.2) is 30.0 Å². The van der Waals surface area contributed by atoms with E-state index in [0.29, 0.717) is 12.6 Å². The van der Waals surface area contributed by atoms with Gasteiger partial charge >= 0.3 is 0 Å². The van der Waals surface area contributed by atoms with Crippen molar-refractivity contribution in [2.24, 2.45) is 5.73 Å². The van der Waals surface area contributed by atoms with Gasteiger partial charge in [0.15, 0.2) is 0 Å². The molecule has 96 valence electrons. The van der Waals surface area contributed by atoms with Crippen LogP contribution in [0.5, 0.6) is 0 Å². The summed E-state index contributed by atoms with van der Waals surface area (Å²) in [6.45, 7) is 5.98. The standard InChI is InChI=1S/C14H25N3/c1-4-5-6-9-17(3)14(10-15)13-8-7-12(2)16-11-13/h7-8,11,14H,4-6,9-10,15H2,1-3H3. The Morgan fingerprint density at radius 3 is 2.65 bits per heavy atom. The summed E-state index contributed by atoms with van der Waals surface area (Å²) in [5.74, 6) is 0. The first-order valence-electron chi connectivity index (χ1n) is 6.52. The van der Waals surface area contributed by atoms with Crippen LogP contribution in [0.3, 0.4) is 0 Å². The zero-order valence-corrected chi connectivity index (χ0v) is 11.3. The lowest BCUT2D eigenvalue weighted by molar-refractivity contribution is 0.244. The Morgan fingerprint density at radius 2 is 2.12 bits per heavy atom. The molecule has 0 saturated heterocycles. The minimum absolute atomic E-state index is 0.292. The van der Waals surface area contributed by atoms with E-state index in [1.807, 2.05) is 13.1 Å². The number of aromatic nitrogens is 1. The summed E-state index contributed by atoms with van der Waals surface area (Å²) in [5, 5.41) is 0. The first-order valence-corrected chi connectivity index (χ1v) is 6.52. The molecular formula is C14H25N3. The number of nitrogens with zero attached hydrogens (tertiary/aromatic N) is 2. The lowest BCUT2D eigenvalue weighted by atomic mass is 10.1. The zero-order valence-electron chi connectivity index (χ0n) is 11.3. The maximum absolute atomic E-state index is 5.88. The number of hydrogen-bond acceptors (Lipinski definition) is 3. The van der Waals surface area contributed by atoms with Gasteiger partial charge in [-0.1, -0.05) is 25.8 Å². The van der Waals surface area contributed by atoms with Crippen molar-refractivity contribution < 1.29 is 0 Å². The molecule has 1 unspecified atom stereocenters. The van der Waals surface area contributed by atoms with Gasteiger partial charge in [-0.3, -0.25) is 9.88 Å². The van der Waals surface area contributed by atoms with E-state index < -0.39 is 0 Å². The number of nitrogens with two attached hydrogens (primary N) is 1. The molecule has 1 aromatic heterocycles. The smallest absolute Gasteiger partial charge is 0.0482 e. The van der Waals surface area contributed by atoms with Crippen LogP contribution in [0.25, 0.3) is 0 Å². The number of rotatable bonds is 7. The third-order valence-electron chi connectivity index (χ3n) is 3.19. The Bertz CT molecular complexity index is 308. The zero-order chi connectivity index (χ0) is 12.7. The van der Waals surface area contributed by atoms with Gasteiger partial charge in [0.05, 0.1) is 0 Å². The number of likely N-dealkylation sites (N-methyl/N-ethyl adjacent to an activating group) is 1. The van der Waals surface area contributed by atoms with Gasteiger partial charge in [-0.05, 0) is 38.6 Å². The van der Waals surface area contributed by atoms with Gasteiger partial charge in [0, 0.05) is 24.5 Å². The van der Waals surface area contributed by atoms with Crippen LogP contribution < -0.4 is 5.73 Å². The van der Waals surface area contributed by atoms with Crippen molar-refractivity contribution in [3.05, 3.63) is 29.6 Å². The molecule has 0 radical (unpaired) electrons. The van der Waals surface area contributed by atoms with Gasteiger partial charge in [-0.15, -0.1) is 0 Å². The Balaban J connectivity index is 2.60. The first kappa shape index (κ1) is 14.1. The van der Waals surface area contributed by atoms with Gasteiger partial charge in [0.25, 0.3) is 0 Å². The van der Waals surface area contributed by atoms with Gasteiger partial charge in [0.1, 0.15) is 0 Å². The van der Waals surface area contributed by atoms with E-state index in [4.69, 9.17) is 5.73 Å². The summed E-state index contributed by atoms with van der Waals surface area (Å²) >= 11 is 0. The fourth-order valence-corrected chi connectivity index (χ4v) is 2.01. The van der Waals surface area contributed by atoms with Crippen LogP contribution in [0.2, 0.25) is 0 Å². The van der Waals surface area contributed by atoms with E-state index in [9.17, 15) is 0 Å². The number of hydrogen-bond donors (Lipinski definition) is 1. The third-order valence-corrected chi connectivity index (χ3v) is 3.19. The topological polar surface area (TPSA) is 42.1 Å². The minimum atomic E-state index is 0.292. The average molecular weight is 235 g/mol. The summed E-state index contributed by atoms with van der Waals surface area (Å²) < 4.78 is 0. The van der Waals surface area contributed by atoms with Crippen LogP contribution in [-0.2, 0) is 0 Å². The molecule has 0 aliphatic heterocycles. The fraction of sp³-hybridized carbons (Fsp3) is 0.643. The van der Waals surface area contributed by atoms with E-state index in [-0.39, 0.29) is 0 Å². The molecule has 1 aromatic rings. The molecule has 1 heterocycles. The summed E-state index contributed by atoms with van der Waals surface area (Å²) in [6.07, 6.45) is 5.73. The van der Waals surface area contributed by atoms with Gasteiger partial charge < -0.3 is 5.73 Å². The highest BCUT2D eigenvalue weighted by atomic mass is 15.1. The van der Waals surface area contributed by atoms with E-state index in [1.54, 1.807) is 0 Å². The molecule has 0 fully saturated rings. The second kappa shape index (κ2) is 7.41. The molecule has 2 N–H and O–H groups in total. The Labute approximate surface area is 105 Å². The summed E-state index contributed by atoms with van der Waals surface area (Å²) in [6, 6.07) is 4.48. The lowest BCUT2D eigenvalue weighted by Gasteiger charge is -2.27. The van der Waals surface area contributed by atoms with Crippen LogP contribution in [0.15, 0.2) is 18.3 Å². The highest BCUT2D eigenvalue weighted by molar-refractivity contribution is 5.17. The molecule has 3 heteroatoms. The normalized spacial score (nSPS) is 13.0. The molecule has 0 bridgehead atoms. The number of pyridine rings is 1. The number of unbranched alkanes of at least 4 members (excludes halogenated alkanes) is 2. The fourth-order valence-electron chi connectivity index (χ4n) is 2.01. The maximum Gasteiger partial charge on any atom is 0.0482 e. The summed E-state index contributed by atoms with van der Waals surface area (Å²) in [5.41, 5.74) is 8.15. The highest BCUT2D eigenvalue weighted by Crippen LogP contribution is 2.18. The molecule has 1 atom stereocenters. The summed E-state index contributed by atoms with van der Waals surface area (Å²) in [7, 11) is 2.15. The highest BCUT2D eigenvalue weighted by Gasteiger charge is 2.14. The lowest BCUT2D eigenvalue weighted by Crippen LogP contribution is -2.31. The monoisotopic (exact) mass is 235 g/mol. The molecule has 17 heavy (non-hydrogen) atoms. The molecule has 0 aliphatic carbocycles. The summed E-state index contributed by atoms with van der Waals surface area (Å²) in [4.78, 5) is 6.68. The van der Waals surface area contributed by atoms with Crippen molar-refractivity contribution in [3.8, 4) is 0 Å². The van der Waals surface area contributed by atoms with Crippen molar-refractivity contribution in [1.29, 1.82) is 0 Å². The van der Waals surface area contributed by atoms with Gasteiger partial charge in [0.2, 0.25) is 0 Å². The van der Waals surface area contributed by atoms with Gasteiger partial charge in [-0.25, -0.2) is 0 Å². The molecule has 0 aliphatic rings. The quantitative estimate of drug-likeness (QED) is 0.738. The Morgan fingerprint density at radius 1 is 1.35 bits per heavy atom. The second-order valence-electron chi connectivity index (χ2n) is 4.67. The second-order valence-corrected chi connectivity index (χ2v) is 4.67. The average Bonchev–Trinajstić information content (AvgIpc) is 2.33. The van der Waals surface area contributed by atoms with Crippen LogP contribution in [0.1, 0.15) is 43.5 Å². The predicted molar refractivity (Wildman–Crippen MR) is 72.9 cm³/mol. The SMILES string of the molecule is CCCCCN(C)C(CN)c1ccc(C)nc1. The minimum Gasteiger partial charge on any atom is -0.329 e. The van der Waals surface area contributed by atoms with Gasteiger partial charge in [-0.2, -0.15) is 0 Å². The third kappa shape index (κ3) is 4.44. The van der Waals surface area contributed by atoms with E-state index in [1.165, 1.54) is 24.8 Å². The van der Waals surface area contributed by atoms with E-state index in [0.717, 1.165) is 12.2 Å². The van der Waals surface area contributed by atoms with Crippen LogP contribution in [0, 0.1) is 6.92 Å². The van der Waals surface area contributed by atoms with Crippen molar-refractivity contribution in [3.63, 3.8) is 0 Å². The molecule has 3 nitrogen and oxygen atoms in total. The number of aryl methyl sites for hydroxylation is 1. The Kier molecular flexibility index (Phi) is 6.16.